The molecule has 0 rings (SSSR count). The summed E-state index contributed by atoms with van der Waals surface area (Å²) in [7, 11) is 0. The van der Waals surface area contributed by atoms with Gasteiger partial charge in [-0.05, 0) is 25.2 Å². The van der Waals surface area contributed by atoms with Gasteiger partial charge in [-0.3, -0.25) is 9.59 Å². The minimum absolute atomic E-state index is 0.168. The van der Waals surface area contributed by atoms with Gasteiger partial charge < -0.3 is 5.11 Å². The zero-order valence-corrected chi connectivity index (χ0v) is 11.4. The summed E-state index contributed by atoms with van der Waals surface area (Å²) >= 11 is 0. The maximum absolute atomic E-state index is 11.8. The lowest BCUT2D eigenvalue weighted by molar-refractivity contribution is -0.137. The van der Waals surface area contributed by atoms with Gasteiger partial charge in [0.05, 0.1) is 0 Å². The van der Waals surface area contributed by atoms with Crippen LogP contribution in [0.4, 0.5) is 0 Å². The highest BCUT2D eigenvalue weighted by molar-refractivity contribution is 5.80. The van der Waals surface area contributed by atoms with E-state index < -0.39 is 5.97 Å². The van der Waals surface area contributed by atoms with Crippen molar-refractivity contribution in [2.45, 2.75) is 65.7 Å². The second kappa shape index (κ2) is 9.20. The predicted octanol–water partition coefficient (Wildman–Crippen LogP) is 3.66. The third kappa shape index (κ3) is 8.90. The Morgan fingerprint density at radius 2 is 1.65 bits per heavy atom. The summed E-state index contributed by atoms with van der Waals surface area (Å²) in [5.74, 6) is 0.0789. The number of aliphatic carboxylic acids is 1. The van der Waals surface area contributed by atoms with Gasteiger partial charge in [-0.2, -0.15) is 0 Å². The molecule has 3 nitrogen and oxygen atoms in total. The summed E-state index contributed by atoms with van der Waals surface area (Å²) < 4.78 is 0. The molecule has 0 aromatic heterocycles. The molecule has 0 radical (unpaired) electrons. The Morgan fingerprint density at radius 3 is 2.18 bits per heavy atom. The van der Waals surface area contributed by atoms with Gasteiger partial charge in [0.1, 0.15) is 5.78 Å². The van der Waals surface area contributed by atoms with Crippen molar-refractivity contribution < 1.29 is 14.7 Å². The molecule has 3 heteroatoms. The average molecular weight is 242 g/mol. The zero-order chi connectivity index (χ0) is 13.3. The first kappa shape index (κ1) is 16.1. The van der Waals surface area contributed by atoms with Crippen LogP contribution in [0.15, 0.2) is 0 Å². The van der Waals surface area contributed by atoms with Crippen molar-refractivity contribution >= 4 is 11.8 Å². The van der Waals surface area contributed by atoms with E-state index in [2.05, 4.69) is 6.92 Å². The van der Waals surface area contributed by atoms with Crippen molar-refractivity contribution in [2.75, 3.05) is 0 Å². The van der Waals surface area contributed by atoms with Gasteiger partial charge in [0, 0.05) is 18.8 Å². The van der Waals surface area contributed by atoms with Crippen LogP contribution in [-0.2, 0) is 9.59 Å². The van der Waals surface area contributed by atoms with E-state index in [1.165, 1.54) is 0 Å². The minimum Gasteiger partial charge on any atom is -0.481 e. The molecular weight excluding hydrogens is 216 g/mol. The summed E-state index contributed by atoms with van der Waals surface area (Å²) in [4.78, 5) is 22.2. The predicted molar refractivity (Wildman–Crippen MR) is 69.0 cm³/mol. The first-order valence-corrected chi connectivity index (χ1v) is 6.71. The molecule has 0 saturated heterocycles. The molecule has 0 aromatic rings. The Hall–Kier alpha value is -0.860. The topological polar surface area (TPSA) is 54.4 Å². The Labute approximate surface area is 105 Å². The first-order valence-electron chi connectivity index (χ1n) is 6.71. The smallest absolute Gasteiger partial charge is 0.303 e. The molecule has 0 bridgehead atoms. The van der Waals surface area contributed by atoms with Gasteiger partial charge >= 0.3 is 5.97 Å². The molecule has 0 amide bonds. The highest BCUT2D eigenvalue weighted by Crippen LogP contribution is 2.17. The fourth-order valence-corrected chi connectivity index (χ4v) is 1.82. The Balaban J connectivity index is 3.71. The number of hydrogen-bond acceptors (Lipinski definition) is 2. The molecule has 17 heavy (non-hydrogen) atoms. The van der Waals surface area contributed by atoms with Crippen LogP contribution in [-0.4, -0.2) is 16.9 Å². The molecule has 0 aromatic carbocycles. The van der Waals surface area contributed by atoms with Crippen LogP contribution < -0.4 is 0 Å². The lowest BCUT2D eigenvalue weighted by atomic mass is 9.92. The van der Waals surface area contributed by atoms with Gasteiger partial charge in [0.2, 0.25) is 0 Å². The van der Waals surface area contributed by atoms with Crippen molar-refractivity contribution in [3.05, 3.63) is 0 Å². The normalized spacial score (nSPS) is 14.3. The molecule has 0 saturated carbocycles. The van der Waals surface area contributed by atoms with Crippen molar-refractivity contribution in [3.63, 3.8) is 0 Å². The summed E-state index contributed by atoms with van der Waals surface area (Å²) in [6.07, 6.45) is 5.54. The standard InChI is InChI=1S/C14H26O3/c1-4-5-6-12(3)13(15)9-7-11(2)8-10-14(16)17/h11-12H,4-10H2,1-3H3,(H,16,17). The SMILES string of the molecule is CCCCC(C)C(=O)CCC(C)CCC(=O)O. The molecule has 0 spiro atoms. The number of carbonyl (C=O) groups is 2. The maximum atomic E-state index is 11.8. The van der Waals surface area contributed by atoms with Crippen LogP contribution in [0.1, 0.15) is 65.7 Å². The quantitative estimate of drug-likeness (QED) is 0.636. The van der Waals surface area contributed by atoms with Gasteiger partial charge in [0.15, 0.2) is 0 Å². The van der Waals surface area contributed by atoms with E-state index in [0.29, 0.717) is 24.5 Å². The highest BCUT2D eigenvalue weighted by atomic mass is 16.4. The average Bonchev–Trinajstić information content (AvgIpc) is 2.30. The summed E-state index contributed by atoms with van der Waals surface area (Å²) in [5.41, 5.74) is 0. The van der Waals surface area contributed by atoms with Gasteiger partial charge in [-0.25, -0.2) is 0 Å². The van der Waals surface area contributed by atoms with E-state index in [-0.39, 0.29) is 12.3 Å². The fraction of sp³-hybridized carbons (Fsp3) is 0.857. The number of Topliss-reactive ketones (excluding diaryl/α,β-unsaturated/α-hetero) is 1. The molecule has 0 fully saturated rings. The first-order chi connectivity index (χ1) is 7.97. The number of hydrogen-bond donors (Lipinski definition) is 1. The lowest BCUT2D eigenvalue weighted by Crippen LogP contribution is -2.12. The van der Waals surface area contributed by atoms with Crippen LogP contribution in [0, 0.1) is 11.8 Å². The largest absolute Gasteiger partial charge is 0.481 e. The number of unbranched alkanes of at least 4 members (excludes halogenated alkanes) is 1. The van der Waals surface area contributed by atoms with Crippen LogP contribution >= 0.6 is 0 Å². The second-order valence-electron chi connectivity index (χ2n) is 5.09. The molecule has 0 aliphatic rings. The van der Waals surface area contributed by atoms with Crippen LogP contribution in [0.3, 0.4) is 0 Å². The summed E-state index contributed by atoms with van der Waals surface area (Å²) in [6.45, 7) is 6.15. The highest BCUT2D eigenvalue weighted by Gasteiger charge is 2.14. The number of carboxylic acid groups (broad SMARTS) is 1. The van der Waals surface area contributed by atoms with Crippen LogP contribution in [0.25, 0.3) is 0 Å². The van der Waals surface area contributed by atoms with E-state index in [4.69, 9.17) is 5.11 Å². The van der Waals surface area contributed by atoms with E-state index >= 15 is 0 Å². The minimum atomic E-state index is -0.750. The fourth-order valence-electron chi connectivity index (χ4n) is 1.82. The number of ketones is 1. The zero-order valence-electron chi connectivity index (χ0n) is 11.4. The molecule has 2 unspecified atom stereocenters. The molecule has 100 valence electrons. The van der Waals surface area contributed by atoms with Crippen molar-refractivity contribution in [1.82, 2.24) is 0 Å². The van der Waals surface area contributed by atoms with Gasteiger partial charge in [-0.1, -0.05) is 33.6 Å². The van der Waals surface area contributed by atoms with Gasteiger partial charge in [-0.15, -0.1) is 0 Å². The maximum Gasteiger partial charge on any atom is 0.303 e. The lowest BCUT2D eigenvalue weighted by Gasteiger charge is -2.12. The molecule has 2 atom stereocenters. The Kier molecular flexibility index (Phi) is 8.73. The third-order valence-corrected chi connectivity index (χ3v) is 3.27. The van der Waals surface area contributed by atoms with Crippen molar-refractivity contribution in [1.29, 1.82) is 0 Å². The summed E-state index contributed by atoms with van der Waals surface area (Å²) in [6, 6.07) is 0. The number of rotatable bonds is 10. The van der Waals surface area contributed by atoms with E-state index in [9.17, 15) is 9.59 Å². The van der Waals surface area contributed by atoms with Crippen molar-refractivity contribution in [2.24, 2.45) is 11.8 Å². The third-order valence-electron chi connectivity index (χ3n) is 3.27. The van der Waals surface area contributed by atoms with E-state index in [0.717, 1.165) is 25.7 Å². The second-order valence-corrected chi connectivity index (χ2v) is 5.09. The molecule has 0 aliphatic heterocycles. The molecule has 0 aliphatic carbocycles. The number of carboxylic acids is 1. The molecule has 1 N–H and O–H groups in total. The molecular formula is C14H26O3. The van der Waals surface area contributed by atoms with Crippen LogP contribution in [0.5, 0.6) is 0 Å². The monoisotopic (exact) mass is 242 g/mol. The Bertz CT molecular complexity index is 236. The Morgan fingerprint density at radius 1 is 1.06 bits per heavy atom. The summed E-state index contributed by atoms with van der Waals surface area (Å²) in [5, 5.41) is 8.56. The van der Waals surface area contributed by atoms with Crippen molar-refractivity contribution in [3.8, 4) is 0 Å². The van der Waals surface area contributed by atoms with Gasteiger partial charge in [0.25, 0.3) is 0 Å². The molecule has 0 heterocycles. The van der Waals surface area contributed by atoms with E-state index in [1.807, 2.05) is 13.8 Å². The number of carbonyl (C=O) groups excluding carboxylic acids is 1. The van der Waals surface area contributed by atoms with E-state index in [1.54, 1.807) is 0 Å². The van der Waals surface area contributed by atoms with Crippen LogP contribution in [0.2, 0.25) is 0 Å².